The topological polar surface area (TPSA) is 21.1 Å². The first-order valence-corrected chi connectivity index (χ1v) is 7.50. The molecule has 4 rings (SSSR count). The fourth-order valence-electron chi connectivity index (χ4n) is 4.21. The van der Waals surface area contributed by atoms with Crippen LogP contribution in [0.15, 0.2) is 36.6 Å². The summed E-state index contributed by atoms with van der Waals surface area (Å²) in [6.45, 7) is 2.23. The minimum absolute atomic E-state index is 0.00796. The molecule has 3 unspecified atom stereocenters. The van der Waals surface area contributed by atoms with Crippen LogP contribution in [0.2, 0.25) is 0 Å². The molecule has 1 fully saturated rings. The number of nitrogens with zero attached hydrogens (tertiary/aromatic N) is 3. The molecule has 2 aliphatic heterocycles. The average molecular weight is 273 g/mol. The molecule has 0 bridgehead atoms. The van der Waals surface area contributed by atoms with E-state index >= 15 is 0 Å². The van der Waals surface area contributed by atoms with Gasteiger partial charge in [-0.25, -0.2) is 9.37 Å². The summed E-state index contributed by atoms with van der Waals surface area (Å²) in [4.78, 5) is 6.66. The van der Waals surface area contributed by atoms with Gasteiger partial charge in [0, 0.05) is 29.8 Å². The van der Waals surface area contributed by atoms with Gasteiger partial charge in [-0.05, 0) is 45.0 Å². The highest BCUT2D eigenvalue weighted by molar-refractivity contribution is 5.34. The summed E-state index contributed by atoms with van der Waals surface area (Å²) < 4.78 is 16.7. The second-order valence-corrected chi connectivity index (χ2v) is 6.35. The summed E-state index contributed by atoms with van der Waals surface area (Å²) in [7, 11) is 2.17. The van der Waals surface area contributed by atoms with Crippen LogP contribution in [0.25, 0.3) is 0 Å². The number of halogens is 1. The molecule has 0 aromatic carbocycles. The third kappa shape index (κ3) is 1.71. The van der Waals surface area contributed by atoms with Gasteiger partial charge in [-0.2, -0.15) is 0 Å². The van der Waals surface area contributed by atoms with E-state index in [2.05, 4.69) is 27.6 Å². The molecule has 106 valence electrons. The van der Waals surface area contributed by atoms with Crippen LogP contribution in [0, 0.1) is 11.8 Å². The van der Waals surface area contributed by atoms with Crippen molar-refractivity contribution >= 4 is 0 Å². The fraction of sp³-hybridized carbons (Fsp3) is 0.562. The molecule has 0 radical (unpaired) electrons. The van der Waals surface area contributed by atoms with Crippen LogP contribution in [0.5, 0.6) is 0 Å². The van der Waals surface area contributed by atoms with Crippen molar-refractivity contribution in [2.45, 2.75) is 24.8 Å². The van der Waals surface area contributed by atoms with Crippen molar-refractivity contribution in [1.29, 1.82) is 0 Å². The van der Waals surface area contributed by atoms with Crippen LogP contribution < -0.4 is 0 Å². The zero-order valence-electron chi connectivity index (χ0n) is 11.7. The summed E-state index contributed by atoms with van der Waals surface area (Å²) in [5, 5.41) is 0. The largest absolute Gasteiger partial charge is 0.330 e. The van der Waals surface area contributed by atoms with Gasteiger partial charge in [0.05, 0.1) is 6.33 Å². The Hall–Kier alpha value is -1.42. The first kappa shape index (κ1) is 12.3. The zero-order chi connectivity index (χ0) is 13.7. The van der Waals surface area contributed by atoms with Crippen molar-refractivity contribution in [2.24, 2.45) is 11.8 Å². The van der Waals surface area contributed by atoms with Crippen molar-refractivity contribution in [1.82, 2.24) is 14.5 Å². The van der Waals surface area contributed by atoms with E-state index in [1.165, 1.54) is 5.69 Å². The van der Waals surface area contributed by atoms with E-state index in [0.29, 0.717) is 5.92 Å². The summed E-state index contributed by atoms with van der Waals surface area (Å²) in [6, 6.07) is 0.243. The van der Waals surface area contributed by atoms with Gasteiger partial charge in [-0.3, -0.25) is 0 Å². The van der Waals surface area contributed by atoms with E-state index in [9.17, 15) is 4.39 Å². The number of rotatable bonds is 1. The molecule has 4 heteroatoms. The number of fused-ring (bicyclic) bond motifs is 3. The van der Waals surface area contributed by atoms with Crippen LogP contribution in [-0.2, 0) is 0 Å². The van der Waals surface area contributed by atoms with Crippen molar-refractivity contribution < 1.29 is 4.39 Å². The van der Waals surface area contributed by atoms with Crippen molar-refractivity contribution in [2.75, 3.05) is 20.1 Å². The Morgan fingerprint density at radius 2 is 2.10 bits per heavy atom. The molecule has 3 heterocycles. The van der Waals surface area contributed by atoms with Gasteiger partial charge < -0.3 is 9.47 Å². The Bertz CT molecular complexity index is 566. The maximum Gasteiger partial charge on any atom is 0.106 e. The third-order valence-corrected chi connectivity index (χ3v) is 5.25. The van der Waals surface area contributed by atoms with Crippen molar-refractivity contribution in [3.63, 3.8) is 0 Å². The lowest BCUT2D eigenvalue weighted by Crippen LogP contribution is -2.35. The Morgan fingerprint density at radius 1 is 1.30 bits per heavy atom. The molecular weight excluding hydrogens is 253 g/mol. The molecule has 1 aliphatic carbocycles. The lowest BCUT2D eigenvalue weighted by atomic mass is 9.76. The van der Waals surface area contributed by atoms with E-state index in [0.717, 1.165) is 25.9 Å². The van der Waals surface area contributed by atoms with Crippen LogP contribution in [0.1, 0.15) is 30.5 Å². The lowest BCUT2D eigenvalue weighted by Gasteiger charge is -2.36. The van der Waals surface area contributed by atoms with Crippen LogP contribution in [0.4, 0.5) is 4.39 Å². The van der Waals surface area contributed by atoms with Gasteiger partial charge in [0.25, 0.3) is 0 Å². The van der Waals surface area contributed by atoms with Gasteiger partial charge in [0.1, 0.15) is 5.83 Å². The normalized spacial score (nSPS) is 33.9. The monoisotopic (exact) mass is 273 g/mol. The van der Waals surface area contributed by atoms with Gasteiger partial charge >= 0.3 is 0 Å². The molecule has 1 aromatic heterocycles. The number of hydrogen-bond acceptors (Lipinski definition) is 2. The number of aromatic nitrogens is 2. The van der Waals surface area contributed by atoms with Crippen LogP contribution in [-0.4, -0.2) is 34.6 Å². The molecule has 0 amide bonds. The number of hydrogen-bond donors (Lipinski definition) is 0. The smallest absolute Gasteiger partial charge is 0.106 e. The minimum atomic E-state index is -0.00796. The van der Waals surface area contributed by atoms with Gasteiger partial charge in [-0.1, -0.05) is 12.2 Å². The SMILES string of the molecule is CN1CCC(C2C3C(F)=CC=CC3c3cncn32)CC1. The van der Waals surface area contributed by atoms with E-state index in [4.69, 9.17) is 0 Å². The first-order valence-electron chi connectivity index (χ1n) is 7.50. The maximum absolute atomic E-state index is 14.4. The van der Waals surface area contributed by atoms with Crippen LogP contribution >= 0.6 is 0 Å². The molecule has 1 aromatic rings. The fourth-order valence-corrected chi connectivity index (χ4v) is 4.21. The second kappa shape index (κ2) is 4.55. The van der Waals surface area contributed by atoms with E-state index < -0.39 is 0 Å². The summed E-state index contributed by atoms with van der Waals surface area (Å²) in [6.07, 6.45) is 11.7. The molecule has 0 N–H and O–H groups in total. The van der Waals surface area contributed by atoms with E-state index in [1.54, 1.807) is 6.08 Å². The van der Waals surface area contributed by atoms with Crippen molar-refractivity contribution in [3.05, 3.63) is 42.3 Å². The molecule has 3 atom stereocenters. The Kier molecular flexibility index (Phi) is 2.81. The molecule has 1 saturated heterocycles. The Balaban J connectivity index is 1.71. The highest BCUT2D eigenvalue weighted by atomic mass is 19.1. The molecular formula is C16H20FN3. The summed E-state index contributed by atoms with van der Waals surface area (Å²) in [5.74, 6) is 0.767. The average Bonchev–Trinajstić information content (AvgIpc) is 3.01. The quantitative estimate of drug-likeness (QED) is 0.784. The highest BCUT2D eigenvalue weighted by Crippen LogP contribution is 2.52. The van der Waals surface area contributed by atoms with E-state index in [1.807, 2.05) is 18.6 Å². The molecule has 3 nitrogen and oxygen atoms in total. The highest BCUT2D eigenvalue weighted by Gasteiger charge is 2.46. The number of likely N-dealkylation sites (tertiary alicyclic amines) is 1. The maximum atomic E-state index is 14.4. The van der Waals surface area contributed by atoms with Gasteiger partial charge in [0.15, 0.2) is 0 Å². The van der Waals surface area contributed by atoms with Crippen LogP contribution in [0.3, 0.4) is 0 Å². The standard InChI is InChI=1S/C16H20FN3/c1-19-7-5-11(6-8-19)16-15-12(3-2-4-13(15)17)14-9-18-10-20(14)16/h2-4,9-12,15-16H,5-8H2,1H3. The zero-order valence-corrected chi connectivity index (χ0v) is 11.7. The number of piperidine rings is 1. The number of allylic oxidation sites excluding steroid dienone is 4. The minimum Gasteiger partial charge on any atom is -0.330 e. The van der Waals surface area contributed by atoms with Gasteiger partial charge in [0.2, 0.25) is 0 Å². The van der Waals surface area contributed by atoms with Gasteiger partial charge in [-0.15, -0.1) is 0 Å². The molecule has 0 saturated carbocycles. The van der Waals surface area contributed by atoms with Crippen molar-refractivity contribution in [3.8, 4) is 0 Å². The Morgan fingerprint density at radius 3 is 2.90 bits per heavy atom. The number of imidazole rings is 1. The molecule has 20 heavy (non-hydrogen) atoms. The van der Waals surface area contributed by atoms with E-state index in [-0.39, 0.29) is 23.7 Å². The predicted octanol–water partition coefficient (Wildman–Crippen LogP) is 2.90. The molecule has 3 aliphatic rings. The second-order valence-electron chi connectivity index (χ2n) is 6.35. The summed E-state index contributed by atoms with van der Waals surface area (Å²) in [5.41, 5.74) is 1.18. The summed E-state index contributed by atoms with van der Waals surface area (Å²) >= 11 is 0. The Labute approximate surface area is 118 Å². The molecule has 0 spiro atoms. The predicted molar refractivity (Wildman–Crippen MR) is 76.0 cm³/mol. The third-order valence-electron chi connectivity index (χ3n) is 5.25. The lowest BCUT2D eigenvalue weighted by molar-refractivity contribution is 0.150. The first-order chi connectivity index (χ1) is 9.75.